The van der Waals surface area contributed by atoms with Gasteiger partial charge in [0.2, 0.25) is 0 Å². The smallest absolute Gasteiger partial charge is 0.156 e. The first-order valence-corrected chi connectivity index (χ1v) is 7.24. The van der Waals surface area contributed by atoms with Crippen LogP contribution in [0, 0.1) is 0 Å². The van der Waals surface area contributed by atoms with Crippen molar-refractivity contribution >= 4 is 0 Å². The van der Waals surface area contributed by atoms with E-state index < -0.39 is 0 Å². The summed E-state index contributed by atoms with van der Waals surface area (Å²) in [6.07, 6.45) is 20.2. The zero-order valence-corrected chi connectivity index (χ0v) is 11.1. The van der Waals surface area contributed by atoms with Crippen LogP contribution in [0.25, 0.3) is 0 Å². The molecular formula is C15H31N. The van der Waals surface area contributed by atoms with E-state index in [2.05, 4.69) is 12.7 Å². The van der Waals surface area contributed by atoms with Gasteiger partial charge < -0.3 is 5.73 Å². The summed E-state index contributed by atoms with van der Waals surface area (Å²) in [5, 5.41) is 0. The third kappa shape index (κ3) is 13.5. The molecule has 0 saturated heterocycles. The average Bonchev–Trinajstić information content (AvgIpc) is 2.35. The van der Waals surface area contributed by atoms with Crippen LogP contribution >= 0.6 is 0 Å². The van der Waals surface area contributed by atoms with Gasteiger partial charge in [-0.2, -0.15) is 0 Å². The molecule has 0 aliphatic heterocycles. The van der Waals surface area contributed by atoms with Crippen molar-refractivity contribution < 1.29 is 1.41 Å². The molecule has 0 bridgehead atoms. The van der Waals surface area contributed by atoms with Gasteiger partial charge in [-0.1, -0.05) is 77.2 Å². The zero-order chi connectivity index (χ0) is 12.6. The second kappa shape index (κ2) is 14.5. The van der Waals surface area contributed by atoms with E-state index in [9.17, 15) is 0 Å². The number of allylic oxidation sites excluding steroid dienone is 1. The van der Waals surface area contributed by atoms with Gasteiger partial charge in [-0.05, 0) is 19.0 Å². The number of unbranched alkanes of at least 4 members (excludes halogenated alkanes) is 11. The van der Waals surface area contributed by atoms with Gasteiger partial charge in [0, 0.05) is 0 Å². The highest BCUT2D eigenvalue weighted by Crippen LogP contribution is 2.11. The SMILES string of the molecule is [2H]NC=CCCCCCCCCCCCCC. The van der Waals surface area contributed by atoms with E-state index in [0.717, 1.165) is 6.42 Å². The van der Waals surface area contributed by atoms with Crippen LogP contribution in [0.5, 0.6) is 0 Å². The first kappa shape index (κ1) is 13.6. The maximum atomic E-state index is 6.72. The van der Waals surface area contributed by atoms with Crippen molar-refractivity contribution in [3.05, 3.63) is 12.3 Å². The van der Waals surface area contributed by atoms with Crippen molar-refractivity contribution in [2.45, 2.75) is 84.0 Å². The van der Waals surface area contributed by atoms with Crippen LogP contribution in [0.15, 0.2) is 12.3 Å². The Labute approximate surface area is 104 Å². The molecule has 0 fully saturated rings. The lowest BCUT2D eigenvalue weighted by Gasteiger charge is -2.01. The van der Waals surface area contributed by atoms with Crippen molar-refractivity contribution in [1.82, 2.24) is 0 Å². The lowest BCUT2D eigenvalue weighted by Crippen LogP contribution is -1.82. The summed E-state index contributed by atoms with van der Waals surface area (Å²) in [6, 6.07) is 0. The van der Waals surface area contributed by atoms with E-state index in [-0.39, 0.29) is 0 Å². The summed E-state index contributed by atoms with van der Waals surface area (Å²) >= 11 is 0. The maximum Gasteiger partial charge on any atom is 0.156 e. The van der Waals surface area contributed by atoms with Crippen molar-refractivity contribution in [3.63, 3.8) is 0 Å². The molecule has 0 aromatic heterocycles. The summed E-state index contributed by atoms with van der Waals surface area (Å²) in [5.74, 6) is 0. The number of rotatable bonds is 13. The highest BCUT2D eigenvalue weighted by atomic mass is 14.5. The van der Waals surface area contributed by atoms with E-state index in [4.69, 9.17) is 1.41 Å². The fourth-order valence-electron chi connectivity index (χ4n) is 2.01. The molecular weight excluding hydrogens is 194 g/mol. The predicted octanol–water partition coefficient (Wildman–Crippen LogP) is 5.16. The Morgan fingerprint density at radius 2 is 1.31 bits per heavy atom. The average molecular weight is 226 g/mol. The third-order valence-corrected chi connectivity index (χ3v) is 3.09. The van der Waals surface area contributed by atoms with Gasteiger partial charge in [0.25, 0.3) is 0 Å². The van der Waals surface area contributed by atoms with Gasteiger partial charge in [0.15, 0.2) is 1.41 Å². The molecule has 0 heterocycles. The van der Waals surface area contributed by atoms with E-state index in [0.29, 0.717) is 0 Å². The highest BCUT2D eigenvalue weighted by Gasteiger charge is 1.92. The molecule has 0 spiro atoms. The Bertz CT molecular complexity index is 157. The lowest BCUT2D eigenvalue weighted by molar-refractivity contribution is 0.550. The maximum absolute atomic E-state index is 6.72. The summed E-state index contributed by atoms with van der Waals surface area (Å²) < 4.78 is 6.72. The lowest BCUT2D eigenvalue weighted by atomic mass is 10.1. The Kier molecular flexibility index (Phi) is 12.4. The largest absolute Gasteiger partial charge is 0.405 e. The van der Waals surface area contributed by atoms with Crippen LogP contribution < -0.4 is 5.73 Å². The highest BCUT2D eigenvalue weighted by molar-refractivity contribution is 4.74. The molecule has 0 unspecified atom stereocenters. The Hall–Kier alpha value is -0.460. The first-order chi connectivity index (χ1) is 8.41. The predicted molar refractivity (Wildman–Crippen MR) is 74.4 cm³/mol. The molecule has 0 aliphatic rings. The zero-order valence-electron chi connectivity index (χ0n) is 12.1. The van der Waals surface area contributed by atoms with Crippen molar-refractivity contribution in [1.29, 1.82) is 0 Å². The van der Waals surface area contributed by atoms with E-state index in [1.165, 1.54) is 70.6 Å². The van der Waals surface area contributed by atoms with E-state index in [1.54, 1.807) is 6.20 Å². The number of hydrogen-bond donors (Lipinski definition) is 1. The Morgan fingerprint density at radius 3 is 1.81 bits per heavy atom. The summed E-state index contributed by atoms with van der Waals surface area (Å²) in [5.41, 5.74) is 2.28. The fraction of sp³-hybridized carbons (Fsp3) is 0.867. The first-order valence-electron chi connectivity index (χ1n) is 7.74. The van der Waals surface area contributed by atoms with E-state index in [1.807, 2.05) is 6.08 Å². The molecule has 1 nitrogen and oxygen atoms in total. The van der Waals surface area contributed by atoms with Gasteiger partial charge >= 0.3 is 0 Å². The normalized spacial score (nSPS) is 11.9. The molecule has 0 rings (SSSR count). The molecule has 0 aliphatic carbocycles. The minimum absolute atomic E-state index is 1.11. The van der Waals surface area contributed by atoms with Gasteiger partial charge in [0.05, 0.1) is 0 Å². The summed E-state index contributed by atoms with van der Waals surface area (Å²) in [7, 11) is 0. The molecule has 2 N–H and O–H groups in total. The molecule has 0 aromatic carbocycles. The van der Waals surface area contributed by atoms with Crippen LogP contribution in [0.3, 0.4) is 0 Å². The molecule has 96 valence electrons. The quantitative estimate of drug-likeness (QED) is 0.431. The second-order valence-corrected chi connectivity index (χ2v) is 4.73. The van der Waals surface area contributed by atoms with Crippen LogP contribution in [0.2, 0.25) is 1.41 Å². The molecule has 0 radical (unpaired) electrons. The minimum atomic E-state index is 1.11. The molecule has 0 amide bonds. The van der Waals surface area contributed by atoms with Crippen molar-refractivity contribution in [2.24, 2.45) is 5.73 Å². The molecule has 0 saturated carbocycles. The topological polar surface area (TPSA) is 26.0 Å². The Morgan fingerprint density at radius 1 is 0.812 bits per heavy atom. The monoisotopic (exact) mass is 226 g/mol. The Balaban J connectivity index is 2.91. The minimum Gasteiger partial charge on any atom is -0.405 e. The summed E-state index contributed by atoms with van der Waals surface area (Å²) in [6.45, 7) is 2.27. The summed E-state index contributed by atoms with van der Waals surface area (Å²) in [4.78, 5) is 0. The van der Waals surface area contributed by atoms with Gasteiger partial charge in [-0.25, -0.2) is 0 Å². The second-order valence-electron chi connectivity index (χ2n) is 4.73. The fourth-order valence-corrected chi connectivity index (χ4v) is 2.01. The van der Waals surface area contributed by atoms with Crippen molar-refractivity contribution in [3.8, 4) is 0 Å². The van der Waals surface area contributed by atoms with Gasteiger partial charge in [-0.3, -0.25) is 0 Å². The number of nitrogens with two attached hydrogens (primary N) is 1. The van der Waals surface area contributed by atoms with Crippen LogP contribution in [0.4, 0.5) is 0 Å². The molecule has 0 aromatic rings. The molecule has 1 heteroatoms. The van der Waals surface area contributed by atoms with Crippen LogP contribution in [-0.2, 0) is 0 Å². The molecule has 16 heavy (non-hydrogen) atoms. The standard InChI is InChI=1S/C15H31N/c1-2-3-4-5-6-7-8-9-10-11-12-13-14-15-16/h14-15H,2-13,16H2,1H3/i/hD. The van der Waals surface area contributed by atoms with E-state index >= 15 is 0 Å². The third-order valence-electron chi connectivity index (χ3n) is 3.09. The van der Waals surface area contributed by atoms with Crippen molar-refractivity contribution in [2.75, 3.05) is 0 Å². The molecule has 0 atom stereocenters. The van der Waals surface area contributed by atoms with Crippen LogP contribution in [-0.4, -0.2) is 0 Å². The van der Waals surface area contributed by atoms with Crippen LogP contribution in [0.1, 0.15) is 84.0 Å². The van der Waals surface area contributed by atoms with Gasteiger partial charge in [0.1, 0.15) is 0 Å². The van der Waals surface area contributed by atoms with Gasteiger partial charge in [-0.15, -0.1) is 0 Å². The number of hydrogen-bond acceptors (Lipinski definition) is 1.